The quantitative estimate of drug-likeness (QED) is 0.172. The summed E-state index contributed by atoms with van der Waals surface area (Å²) in [5.41, 5.74) is 3.94. The Morgan fingerprint density at radius 3 is 2.61 bits per heavy atom. The van der Waals surface area contributed by atoms with Crippen LogP contribution in [-0.4, -0.2) is 95.3 Å². The highest BCUT2D eigenvalue weighted by Gasteiger charge is 2.33. The smallest absolute Gasteiger partial charge is 0.328 e. The van der Waals surface area contributed by atoms with Gasteiger partial charge in [-0.3, -0.25) is 15.0 Å². The number of hydrogen-bond donors (Lipinski definition) is 2. The van der Waals surface area contributed by atoms with E-state index in [1.165, 1.54) is 0 Å². The first-order valence-corrected chi connectivity index (χ1v) is 19.1. The van der Waals surface area contributed by atoms with Crippen molar-refractivity contribution in [1.82, 2.24) is 24.7 Å². The van der Waals surface area contributed by atoms with Crippen molar-refractivity contribution in [2.24, 2.45) is 0 Å². The highest BCUT2D eigenvalue weighted by atomic mass is 35.5. The molecule has 2 aromatic carbocycles. The van der Waals surface area contributed by atoms with Gasteiger partial charge in [-0.15, -0.1) is 0 Å². The number of nitrogens with one attached hydrogen (secondary N) is 2. The summed E-state index contributed by atoms with van der Waals surface area (Å²) < 4.78 is 8.26. The second-order valence-electron chi connectivity index (χ2n) is 14.4. The molecule has 3 aliphatic heterocycles. The van der Waals surface area contributed by atoms with Crippen LogP contribution in [0.3, 0.4) is 0 Å². The fraction of sp³-hybridized carbons (Fsp3) is 0.425. The van der Waals surface area contributed by atoms with Crippen LogP contribution in [0.15, 0.2) is 67.0 Å². The molecule has 5 amide bonds. The second-order valence-corrected chi connectivity index (χ2v) is 14.8. The first-order valence-electron chi connectivity index (χ1n) is 18.7. The van der Waals surface area contributed by atoms with E-state index in [1.807, 2.05) is 42.2 Å². The number of ether oxygens (including phenoxy) is 1. The standard InChI is InChI=1S/C40H46ClN9O4/c1-27-26-50(28(2)25-49(27)32-10-8-29(23-42)34(41)22-32)39(52)44-30-9-11-38(43-24-30)54-21-4-3-16-46-17-12-31(13-18-46)47-19-14-33-35(47)6-5-7-36(33)48-20-15-37(51)45-40(48)53/h5-11,14,19,22,24,27-28,31H,3-4,12-13,15-18,20-21,25-26H2,1-2H3,(H,44,52)(H,45,51,53)/t27-,28+/m1/s1. The number of benzene rings is 2. The van der Waals surface area contributed by atoms with Crippen LogP contribution >= 0.6 is 11.6 Å². The van der Waals surface area contributed by atoms with E-state index in [9.17, 15) is 19.6 Å². The molecule has 0 spiro atoms. The Hall–Kier alpha value is -5.32. The number of fused-ring (bicyclic) bond motifs is 1. The number of likely N-dealkylation sites (tertiary alicyclic amines) is 1. The summed E-state index contributed by atoms with van der Waals surface area (Å²) in [6.07, 6.45) is 8.11. The molecular formula is C40H46ClN9O4. The van der Waals surface area contributed by atoms with E-state index in [0.717, 1.165) is 67.6 Å². The van der Waals surface area contributed by atoms with Crippen molar-refractivity contribution in [3.8, 4) is 11.9 Å². The van der Waals surface area contributed by atoms with E-state index in [2.05, 4.69) is 61.3 Å². The van der Waals surface area contributed by atoms with Crippen LogP contribution in [0, 0.1) is 11.3 Å². The molecule has 0 unspecified atom stereocenters. The highest BCUT2D eigenvalue weighted by molar-refractivity contribution is 6.32. The minimum absolute atomic E-state index is 0.0437. The van der Waals surface area contributed by atoms with Crippen molar-refractivity contribution >= 4 is 57.5 Å². The molecule has 7 rings (SSSR count). The van der Waals surface area contributed by atoms with Crippen LogP contribution in [-0.2, 0) is 4.79 Å². The molecule has 5 heterocycles. The minimum atomic E-state index is -0.360. The molecule has 3 fully saturated rings. The molecule has 54 heavy (non-hydrogen) atoms. The van der Waals surface area contributed by atoms with Gasteiger partial charge in [-0.05, 0) is 88.5 Å². The number of halogens is 1. The maximum Gasteiger partial charge on any atom is 0.328 e. The number of pyridine rings is 1. The predicted octanol–water partition coefficient (Wildman–Crippen LogP) is 6.63. The van der Waals surface area contributed by atoms with Gasteiger partial charge in [0.2, 0.25) is 11.8 Å². The van der Waals surface area contributed by atoms with Gasteiger partial charge in [0.25, 0.3) is 0 Å². The number of nitrogens with zero attached hydrogens (tertiary/aromatic N) is 7. The minimum Gasteiger partial charge on any atom is -0.478 e. The van der Waals surface area contributed by atoms with Gasteiger partial charge in [0.1, 0.15) is 6.07 Å². The predicted molar refractivity (Wildman–Crippen MR) is 209 cm³/mol. The summed E-state index contributed by atoms with van der Waals surface area (Å²) in [5.74, 6) is 0.301. The molecule has 3 saturated heterocycles. The molecule has 4 aromatic rings. The number of aromatic nitrogens is 2. The van der Waals surface area contributed by atoms with Gasteiger partial charge < -0.3 is 29.3 Å². The van der Waals surface area contributed by atoms with Gasteiger partial charge in [0.15, 0.2) is 0 Å². The average Bonchev–Trinajstić information content (AvgIpc) is 3.61. The van der Waals surface area contributed by atoms with Crippen molar-refractivity contribution < 1.29 is 19.1 Å². The van der Waals surface area contributed by atoms with Crippen molar-refractivity contribution in [3.05, 3.63) is 77.6 Å². The van der Waals surface area contributed by atoms with E-state index in [0.29, 0.717) is 60.9 Å². The lowest BCUT2D eigenvalue weighted by atomic mass is 10.0. The molecule has 2 N–H and O–H groups in total. The number of rotatable bonds is 10. The van der Waals surface area contributed by atoms with E-state index < -0.39 is 0 Å². The monoisotopic (exact) mass is 751 g/mol. The van der Waals surface area contributed by atoms with E-state index in [1.54, 1.807) is 23.2 Å². The number of piperazine rings is 1. The number of nitriles is 1. The average molecular weight is 752 g/mol. The topological polar surface area (TPSA) is 139 Å². The lowest BCUT2D eigenvalue weighted by Gasteiger charge is -2.45. The van der Waals surface area contributed by atoms with Crippen LogP contribution < -0.4 is 25.2 Å². The molecular weight excluding hydrogens is 706 g/mol. The lowest BCUT2D eigenvalue weighted by Crippen LogP contribution is -2.59. The van der Waals surface area contributed by atoms with Crippen LogP contribution in [0.2, 0.25) is 5.02 Å². The number of hydrogen-bond acceptors (Lipinski definition) is 8. The summed E-state index contributed by atoms with van der Waals surface area (Å²) in [5, 5.41) is 16.1. The van der Waals surface area contributed by atoms with Crippen molar-refractivity contribution in [2.45, 2.75) is 64.1 Å². The zero-order chi connectivity index (χ0) is 37.8. The van der Waals surface area contributed by atoms with Gasteiger partial charge in [-0.2, -0.15) is 5.26 Å². The molecule has 0 radical (unpaired) electrons. The molecule has 282 valence electrons. The molecule has 2 aromatic heterocycles. The Morgan fingerprint density at radius 2 is 1.87 bits per heavy atom. The maximum absolute atomic E-state index is 13.2. The van der Waals surface area contributed by atoms with E-state index >= 15 is 0 Å². The summed E-state index contributed by atoms with van der Waals surface area (Å²) in [6.45, 7) is 9.29. The first kappa shape index (κ1) is 37.0. The third-order valence-electron chi connectivity index (χ3n) is 10.8. The third-order valence-corrected chi connectivity index (χ3v) is 11.1. The van der Waals surface area contributed by atoms with Crippen molar-refractivity contribution in [2.75, 3.05) is 61.0 Å². The molecule has 2 atom stereocenters. The lowest BCUT2D eigenvalue weighted by molar-refractivity contribution is -0.120. The van der Waals surface area contributed by atoms with E-state index in [-0.39, 0.29) is 30.1 Å². The Labute approximate surface area is 320 Å². The Kier molecular flexibility index (Phi) is 11.2. The van der Waals surface area contributed by atoms with Gasteiger partial charge in [0.05, 0.1) is 40.3 Å². The highest BCUT2D eigenvalue weighted by Crippen LogP contribution is 2.34. The first-order chi connectivity index (χ1) is 26.2. The fourth-order valence-corrected chi connectivity index (χ4v) is 8.05. The summed E-state index contributed by atoms with van der Waals surface area (Å²) in [6, 6.07) is 19.2. The van der Waals surface area contributed by atoms with Crippen LogP contribution in [0.5, 0.6) is 5.88 Å². The number of unbranched alkanes of at least 4 members (excludes halogenated alkanes) is 1. The fourth-order valence-electron chi connectivity index (χ4n) is 7.83. The van der Waals surface area contributed by atoms with Crippen LogP contribution in [0.25, 0.3) is 10.9 Å². The largest absolute Gasteiger partial charge is 0.478 e. The van der Waals surface area contributed by atoms with Gasteiger partial charge >= 0.3 is 12.1 Å². The van der Waals surface area contributed by atoms with Gasteiger partial charge in [-0.25, -0.2) is 14.6 Å². The normalized spacial score (nSPS) is 19.9. The molecule has 13 nitrogen and oxygen atoms in total. The molecule has 14 heteroatoms. The second kappa shape index (κ2) is 16.4. The van der Waals surface area contributed by atoms with Crippen molar-refractivity contribution in [1.29, 1.82) is 5.26 Å². The number of imide groups is 1. The summed E-state index contributed by atoms with van der Waals surface area (Å²) in [4.78, 5) is 50.0. The number of piperidine rings is 1. The van der Waals surface area contributed by atoms with Crippen molar-refractivity contribution in [3.63, 3.8) is 0 Å². The Bertz CT molecular complexity index is 2040. The number of carbonyl (C=O) groups excluding carboxylic acids is 3. The maximum atomic E-state index is 13.2. The SMILES string of the molecule is C[C@@H]1CN(C(=O)Nc2ccc(OCCCCN3CCC(n4ccc5c(N6CCC(=O)NC6=O)cccc54)CC3)nc2)[C@@H](C)CN1c1ccc(C#N)c(Cl)c1. The molecule has 0 saturated carbocycles. The zero-order valence-electron chi connectivity index (χ0n) is 30.7. The van der Waals surface area contributed by atoms with E-state index in [4.69, 9.17) is 16.3 Å². The van der Waals surface area contributed by atoms with Crippen LogP contribution in [0.1, 0.15) is 57.6 Å². The van der Waals surface area contributed by atoms with Gasteiger partial charge in [0, 0.05) is 80.6 Å². The zero-order valence-corrected chi connectivity index (χ0v) is 31.5. The molecule has 0 aliphatic carbocycles. The molecule has 0 bridgehead atoms. The van der Waals surface area contributed by atoms with Crippen LogP contribution in [0.4, 0.5) is 26.7 Å². The number of anilines is 3. The Morgan fingerprint density at radius 1 is 1.04 bits per heavy atom. The summed E-state index contributed by atoms with van der Waals surface area (Å²) >= 11 is 6.28. The number of urea groups is 2. The Balaban J connectivity index is 0.814. The third kappa shape index (κ3) is 8.10. The molecule has 3 aliphatic rings. The summed E-state index contributed by atoms with van der Waals surface area (Å²) in [7, 11) is 0. The van der Waals surface area contributed by atoms with Gasteiger partial charge in [-0.1, -0.05) is 17.7 Å². The number of carbonyl (C=O) groups is 3. The number of amides is 5.